The molecule has 0 aliphatic rings. The zero-order valence-corrected chi connectivity index (χ0v) is 12.4. The molecule has 0 aliphatic carbocycles. The monoisotopic (exact) mass is 281 g/mol. The molecule has 0 radical (unpaired) electrons. The number of nitrogens with one attached hydrogen (secondary N) is 1. The molecule has 1 aromatic rings. The Kier molecular flexibility index (Phi) is 4.87. The maximum absolute atomic E-state index is 13.8. The Bertz CT molecular complexity index is 520. The van der Waals surface area contributed by atoms with E-state index in [1.54, 1.807) is 39.8 Å². The highest BCUT2D eigenvalue weighted by atomic mass is 19.1. The Balaban J connectivity index is 2.76. The zero-order valence-electron chi connectivity index (χ0n) is 12.4. The molecule has 0 bridgehead atoms. The number of halogens is 1. The summed E-state index contributed by atoms with van der Waals surface area (Å²) < 4.78 is 18.9. The highest BCUT2D eigenvalue weighted by Gasteiger charge is 2.24. The van der Waals surface area contributed by atoms with Gasteiger partial charge in [-0.1, -0.05) is 12.1 Å². The molecule has 0 saturated heterocycles. The zero-order chi connectivity index (χ0) is 15.5. The second-order valence-electron chi connectivity index (χ2n) is 5.67. The van der Waals surface area contributed by atoms with Crippen LogP contribution in [0.25, 0.3) is 0 Å². The Labute approximate surface area is 118 Å². The van der Waals surface area contributed by atoms with Crippen LogP contribution in [0.2, 0.25) is 0 Å². The largest absolute Gasteiger partial charge is 0.458 e. The van der Waals surface area contributed by atoms with Gasteiger partial charge in [-0.15, -0.1) is 0 Å². The molecule has 0 heterocycles. The van der Waals surface area contributed by atoms with Gasteiger partial charge >= 0.3 is 5.97 Å². The van der Waals surface area contributed by atoms with Crippen molar-refractivity contribution < 1.29 is 18.7 Å². The van der Waals surface area contributed by atoms with Crippen molar-refractivity contribution in [2.75, 3.05) is 0 Å². The fourth-order valence-corrected chi connectivity index (χ4v) is 1.55. The summed E-state index contributed by atoms with van der Waals surface area (Å²) in [6, 6.07) is 3.69. The Morgan fingerprint density at radius 3 is 2.45 bits per heavy atom. The van der Waals surface area contributed by atoms with Crippen LogP contribution in [0.3, 0.4) is 0 Å². The lowest BCUT2D eigenvalue weighted by molar-refractivity contribution is -0.156. The Morgan fingerprint density at radius 1 is 1.30 bits per heavy atom. The minimum atomic E-state index is -0.846. The van der Waals surface area contributed by atoms with Gasteiger partial charge in [0.1, 0.15) is 17.5 Å². The van der Waals surface area contributed by atoms with Crippen molar-refractivity contribution in [2.45, 2.75) is 46.3 Å². The average Bonchev–Trinajstić information content (AvgIpc) is 2.30. The third-order valence-electron chi connectivity index (χ3n) is 2.54. The quantitative estimate of drug-likeness (QED) is 0.866. The van der Waals surface area contributed by atoms with E-state index in [1.165, 1.54) is 13.0 Å². The number of rotatable bonds is 3. The fourth-order valence-electron chi connectivity index (χ4n) is 1.55. The maximum atomic E-state index is 13.8. The molecule has 4 nitrogen and oxygen atoms in total. The van der Waals surface area contributed by atoms with E-state index < -0.39 is 29.3 Å². The number of carbonyl (C=O) groups is 2. The van der Waals surface area contributed by atoms with Crippen molar-refractivity contribution in [3.8, 4) is 0 Å². The average molecular weight is 281 g/mol. The minimum absolute atomic E-state index is 0.0830. The first-order valence-corrected chi connectivity index (χ1v) is 6.40. The van der Waals surface area contributed by atoms with Gasteiger partial charge in [0, 0.05) is 0 Å². The highest BCUT2D eigenvalue weighted by molar-refractivity contribution is 5.97. The van der Waals surface area contributed by atoms with Gasteiger partial charge < -0.3 is 10.1 Å². The molecule has 0 fully saturated rings. The van der Waals surface area contributed by atoms with Crippen LogP contribution < -0.4 is 5.32 Å². The predicted octanol–water partition coefficient (Wildman–Crippen LogP) is 2.59. The molecule has 0 aliphatic heterocycles. The molecule has 1 aromatic carbocycles. The second-order valence-corrected chi connectivity index (χ2v) is 5.67. The number of hydrogen-bond acceptors (Lipinski definition) is 3. The molecular formula is C15H20FNO3. The number of aryl methyl sites for hydroxylation is 1. The molecule has 0 aromatic heterocycles. The summed E-state index contributed by atoms with van der Waals surface area (Å²) in [5, 5.41) is 2.43. The molecular weight excluding hydrogens is 261 g/mol. The summed E-state index contributed by atoms with van der Waals surface area (Å²) in [5.74, 6) is -1.77. The summed E-state index contributed by atoms with van der Waals surface area (Å²) in [7, 11) is 0. The highest BCUT2D eigenvalue weighted by Crippen LogP contribution is 2.13. The van der Waals surface area contributed by atoms with Crippen molar-refractivity contribution in [3.05, 3.63) is 35.1 Å². The first-order valence-electron chi connectivity index (χ1n) is 6.40. The van der Waals surface area contributed by atoms with Crippen molar-refractivity contribution in [1.29, 1.82) is 0 Å². The Hall–Kier alpha value is -1.91. The van der Waals surface area contributed by atoms with Crippen LogP contribution in [0.5, 0.6) is 0 Å². The van der Waals surface area contributed by atoms with E-state index in [9.17, 15) is 14.0 Å². The second kappa shape index (κ2) is 6.03. The van der Waals surface area contributed by atoms with E-state index in [0.29, 0.717) is 5.56 Å². The summed E-state index contributed by atoms with van der Waals surface area (Å²) in [4.78, 5) is 23.7. The van der Waals surface area contributed by atoms with Crippen LogP contribution >= 0.6 is 0 Å². The van der Waals surface area contributed by atoms with Crippen LogP contribution in [0.1, 0.15) is 43.6 Å². The number of amides is 1. The topological polar surface area (TPSA) is 55.4 Å². The number of esters is 1. The van der Waals surface area contributed by atoms with Crippen LogP contribution in [0, 0.1) is 12.7 Å². The summed E-state index contributed by atoms with van der Waals surface area (Å²) in [5.41, 5.74) is -0.340. The van der Waals surface area contributed by atoms with Crippen molar-refractivity contribution in [3.63, 3.8) is 0 Å². The standard InChI is InChI=1S/C15H20FNO3/c1-9-7-6-8-11(12(9)16)13(18)17-10(2)14(19)20-15(3,4)5/h6-8,10H,1-5H3,(H,17,18)/t10-/m1/s1. The van der Waals surface area contributed by atoms with Gasteiger partial charge in [-0.2, -0.15) is 0 Å². The van der Waals surface area contributed by atoms with Gasteiger partial charge in [0.25, 0.3) is 5.91 Å². The van der Waals surface area contributed by atoms with Gasteiger partial charge in [0.05, 0.1) is 5.56 Å². The van der Waals surface area contributed by atoms with Gasteiger partial charge in [-0.3, -0.25) is 4.79 Å². The van der Waals surface area contributed by atoms with Crippen LogP contribution in [0.15, 0.2) is 18.2 Å². The number of carbonyl (C=O) groups excluding carboxylic acids is 2. The smallest absolute Gasteiger partial charge is 0.328 e. The SMILES string of the molecule is Cc1cccc(C(=O)N[C@H](C)C(=O)OC(C)(C)C)c1F. The lowest BCUT2D eigenvalue weighted by Crippen LogP contribution is -2.42. The molecule has 1 amide bonds. The molecule has 20 heavy (non-hydrogen) atoms. The van der Waals surface area contributed by atoms with Crippen LogP contribution in [-0.2, 0) is 9.53 Å². The van der Waals surface area contributed by atoms with Gasteiger partial charge in [-0.25, -0.2) is 9.18 Å². The van der Waals surface area contributed by atoms with Crippen molar-refractivity contribution in [1.82, 2.24) is 5.32 Å². The van der Waals surface area contributed by atoms with E-state index >= 15 is 0 Å². The van der Waals surface area contributed by atoms with E-state index in [1.807, 2.05) is 0 Å². The maximum Gasteiger partial charge on any atom is 0.328 e. The first kappa shape index (κ1) is 16.1. The van der Waals surface area contributed by atoms with Crippen LogP contribution in [-0.4, -0.2) is 23.5 Å². The molecule has 0 saturated carbocycles. The van der Waals surface area contributed by atoms with Crippen LogP contribution in [0.4, 0.5) is 4.39 Å². The van der Waals surface area contributed by atoms with E-state index in [4.69, 9.17) is 4.74 Å². The molecule has 110 valence electrons. The third kappa shape index (κ3) is 4.33. The van der Waals surface area contributed by atoms with Gasteiger partial charge in [-0.05, 0) is 46.2 Å². The molecule has 1 N–H and O–H groups in total. The number of benzene rings is 1. The molecule has 1 atom stereocenters. The fraction of sp³-hybridized carbons (Fsp3) is 0.467. The first-order chi connectivity index (χ1) is 9.11. The van der Waals surface area contributed by atoms with Crippen molar-refractivity contribution in [2.24, 2.45) is 0 Å². The lowest BCUT2D eigenvalue weighted by Gasteiger charge is -2.22. The lowest BCUT2D eigenvalue weighted by atomic mass is 10.1. The summed E-state index contributed by atoms with van der Waals surface area (Å²) >= 11 is 0. The number of hydrogen-bond donors (Lipinski definition) is 1. The van der Waals surface area contributed by atoms with E-state index in [-0.39, 0.29) is 5.56 Å². The molecule has 0 unspecified atom stereocenters. The predicted molar refractivity (Wildman–Crippen MR) is 73.9 cm³/mol. The normalized spacial score (nSPS) is 12.7. The number of ether oxygens (including phenoxy) is 1. The minimum Gasteiger partial charge on any atom is -0.458 e. The van der Waals surface area contributed by atoms with Crippen molar-refractivity contribution >= 4 is 11.9 Å². The van der Waals surface area contributed by atoms with E-state index in [2.05, 4.69) is 5.32 Å². The van der Waals surface area contributed by atoms with Gasteiger partial charge in [0.2, 0.25) is 0 Å². The molecule has 5 heteroatoms. The summed E-state index contributed by atoms with van der Waals surface area (Å²) in [6.07, 6.45) is 0. The molecule has 1 rings (SSSR count). The van der Waals surface area contributed by atoms with Gasteiger partial charge in [0.15, 0.2) is 0 Å². The Morgan fingerprint density at radius 2 is 1.90 bits per heavy atom. The molecule has 0 spiro atoms. The third-order valence-corrected chi connectivity index (χ3v) is 2.54. The van der Waals surface area contributed by atoms with E-state index in [0.717, 1.165) is 0 Å². The summed E-state index contributed by atoms with van der Waals surface area (Å²) in [6.45, 7) is 8.28.